The maximum Gasteiger partial charge on any atom is 0.223 e. The van der Waals surface area contributed by atoms with Gasteiger partial charge in [-0.2, -0.15) is 4.98 Å². The van der Waals surface area contributed by atoms with Gasteiger partial charge in [-0.15, -0.1) is 0 Å². The van der Waals surface area contributed by atoms with Crippen molar-refractivity contribution in [1.82, 2.24) is 14.5 Å². The van der Waals surface area contributed by atoms with Crippen LogP contribution in [0.15, 0.2) is 42.6 Å². The molecule has 4 atom stereocenters. The third-order valence-corrected chi connectivity index (χ3v) is 8.24. The molecule has 40 heavy (non-hydrogen) atoms. The highest BCUT2D eigenvalue weighted by Gasteiger charge is 2.55. The highest BCUT2D eigenvalue weighted by molar-refractivity contribution is 6.35. The van der Waals surface area contributed by atoms with Gasteiger partial charge in [0.2, 0.25) is 5.95 Å². The van der Waals surface area contributed by atoms with Gasteiger partial charge in [0.05, 0.1) is 25.2 Å². The molecule has 0 spiro atoms. The topological polar surface area (TPSA) is 105 Å². The van der Waals surface area contributed by atoms with Crippen LogP contribution in [-0.2, 0) is 27.4 Å². The lowest BCUT2D eigenvalue weighted by Gasteiger charge is -2.31. The zero-order valence-electron chi connectivity index (χ0n) is 21.4. The molecule has 3 N–H and O–H groups in total. The number of rotatable bonds is 8. The second-order valence-electron chi connectivity index (χ2n) is 9.76. The maximum absolute atomic E-state index is 11.9. The summed E-state index contributed by atoms with van der Waals surface area (Å²) in [6.45, 7) is 3.87. The van der Waals surface area contributed by atoms with E-state index in [4.69, 9.17) is 77.9 Å². The zero-order chi connectivity index (χ0) is 28.8. The molecule has 4 aromatic rings. The summed E-state index contributed by atoms with van der Waals surface area (Å²) in [6.07, 6.45) is -0.664. The number of hydrogen-bond donors (Lipinski definition) is 2. The molecular formula is C27H25Cl5N4O4. The molecule has 1 aliphatic heterocycles. The monoisotopic (exact) mass is 644 g/mol. The van der Waals surface area contributed by atoms with Crippen LogP contribution < -0.4 is 5.73 Å². The van der Waals surface area contributed by atoms with Gasteiger partial charge in [0.1, 0.15) is 28.6 Å². The van der Waals surface area contributed by atoms with Gasteiger partial charge in [-0.3, -0.25) is 0 Å². The molecule has 2 aromatic heterocycles. The summed E-state index contributed by atoms with van der Waals surface area (Å²) in [5.41, 5.74) is 7.02. The van der Waals surface area contributed by atoms with E-state index >= 15 is 0 Å². The van der Waals surface area contributed by atoms with Crippen LogP contribution in [0.3, 0.4) is 0 Å². The van der Waals surface area contributed by atoms with Crippen LogP contribution in [0.2, 0.25) is 25.2 Å². The Labute approximate surface area is 255 Å². The van der Waals surface area contributed by atoms with E-state index in [1.165, 1.54) is 0 Å². The number of fused-ring (bicyclic) bond motifs is 1. The molecule has 0 radical (unpaired) electrons. The summed E-state index contributed by atoms with van der Waals surface area (Å²) in [5.74, 6) is -0.000559. The SMILES string of the molecule is Cc1cn(C2O[C@H](COCc3ccc(Cl)cc3Cl)[C@@H](OCc3ccc(Cl)cc3Cl)[C@@]2(C)O)c2nc(N)nc(Cl)c12. The minimum Gasteiger partial charge on any atom is -0.383 e. The van der Waals surface area contributed by atoms with Crippen molar-refractivity contribution < 1.29 is 19.3 Å². The van der Waals surface area contributed by atoms with Crippen molar-refractivity contribution in [1.29, 1.82) is 0 Å². The molecule has 8 nitrogen and oxygen atoms in total. The molecule has 3 heterocycles. The van der Waals surface area contributed by atoms with Gasteiger partial charge in [-0.1, -0.05) is 70.1 Å². The number of hydrogen-bond acceptors (Lipinski definition) is 7. The zero-order valence-corrected chi connectivity index (χ0v) is 25.2. The Morgan fingerprint density at radius 3 is 2.25 bits per heavy atom. The lowest BCUT2D eigenvalue weighted by Crippen LogP contribution is -2.46. The summed E-state index contributed by atoms with van der Waals surface area (Å²) >= 11 is 31.1. The molecule has 1 unspecified atom stereocenters. The predicted octanol–water partition coefficient (Wildman–Crippen LogP) is 7.04. The molecule has 1 fully saturated rings. The molecule has 212 valence electrons. The van der Waals surface area contributed by atoms with Gasteiger partial charge < -0.3 is 29.6 Å². The number of nitrogen functional groups attached to an aromatic ring is 1. The fourth-order valence-electron chi connectivity index (χ4n) is 4.86. The molecule has 2 aromatic carbocycles. The van der Waals surface area contributed by atoms with E-state index in [0.29, 0.717) is 36.7 Å². The standard InChI is InChI=1S/C27H25Cl5N4O4/c1-13-9-36(24-21(13)23(32)34-26(33)35-24)25-27(2,37)22(39-11-15-4-6-17(29)8-19(15)31)20(40-25)12-38-10-14-3-5-16(28)7-18(14)30/h3-9,20,22,25,37H,10-12H2,1-2H3,(H2,33,34,35)/t20-,22-,25?,27-/m1/s1. The quantitative estimate of drug-likeness (QED) is 0.198. The summed E-state index contributed by atoms with van der Waals surface area (Å²) < 4.78 is 20.4. The van der Waals surface area contributed by atoms with Crippen molar-refractivity contribution in [2.24, 2.45) is 0 Å². The molecule has 1 saturated heterocycles. The van der Waals surface area contributed by atoms with Crippen LogP contribution >= 0.6 is 58.0 Å². The van der Waals surface area contributed by atoms with Crippen molar-refractivity contribution >= 4 is 75.0 Å². The fraction of sp³-hybridized carbons (Fsp3) is 0.333. The van der Waals surface area contributed by atoms with Crippen LogP contribution in [0.4, 0.5) is 5.95 Å². The third kappa shape index (κ3) is 5.88. The van der Waals surface area contributed by atoms with E-state index in [1.807, 2.05) is 6.92 Å². The van der Waals surface area contributed by atoms with Crippen molar-refractivity contribution in [3.63, 3.8) is 0 Å². The van der Waals surface area contributed by atoms with E-state index in [-0.39, 0.29) is 30.9 Å². The molecule has 0 saturated carbocycles. The Kier molecular flexibility index (Phi) is 8.74. The van der Waals surface area contributed by atoms with Gasteiger partial charge in [-0.25, -0.2) is 4.98 Å². The Hall–Kier alpha value is -1.85. The maximum atomic E-state index is 11.9. The fourth-order valence-corrected chi connectivity index (χ4v) is 6.11. The van der Waals surface area contributed by atoms with Gasteiger partial charge in [-0.05, 0) is 54.8 Å². The van der Waals surface area contributed by atoms with Crippen LogP contribution in [0.25, 0.3) is 11.0 Å². The lowest BCUT2D eigenvalue weighted by atomic mass is 9.96. The Morgan fingerprint density at radius 2 is 1.62 bits per heavy atom. The normalized spacial score (nSPS) is 22.9. The van der Waals surface area contributed by atoms with Crippen LogP contribution in [0, 0.1) is 6.92 Å². The van der Waals surface area contributed by atoms with Crippen LogP contribution in [0.1, 0.15) is 29.8 Å². The molecular weight excluding hydrogens is 622 g/mol. The lowest BCUT2D eigenvalue weighted by molar-refractivity contribution is -0.114. The number of anilines is 1. The number of nitrogens with zero attached hydrogens (tertiary/aromatic N) is 3. The first kappa shape index (κ1) is 29.6. The molecule has 0 amide bonds. The number of benzene rings is 2. The minimum atomic E-state index is -1.55. The average molecular weight is 647 g/mol. The first-order valence-electron chi connectivity index (χ1n) is 12.2. The number of halogens is 5. The third-order valence-electron chi connectivity index (χ3n) is 6.79. The molecule has 1 aliphatic rings. The summed E-state index contributed by atoms with van der Waals surface area (Å²) in [6, 6.07) is 10.3. The highest BCUT2D eigenvalue weighted by Crippen LogP contribution is 2.43. The van der Waals surface area contributed by atoms with Crippen molar-refractivity contribution in [3.05, 3.63) is 84.5 Å². The van der Waals surface area contributed by atoms with Gasteiger partial charge >= 0.3 is 0 Å². The van der Waals surface area contributed by atoms with Crippen LogP contribution in [0.5, 0.6) is 0 Å². The summed E-state index contributed by atoms with van der Waals surface area (Å²) in [4.78, 5) is 8.43. The first-order valence-corrected chi connectivity index (χ1v) is 14.1. The Morgan fingerprint density at radius 1 is 1.00 bits per heavy atom. The van der Waals surface area contributed by atoms with E-state index < -0.39 is 24.0 Å². The number of aromatic nitrogens is 3. The second kappa shape index (κ2) is 11.8. The van der Waals surface area contributed by atoms with Crippen molar-refractivity contribution in [2.75, 3.05) is 12.3 Å². The van der Waals surface area contributed by atoms with E-state index in [0.717, 1.165) is 11.1 Å². The van der Waals surface area contributed by atoms with E-state index in [9.17, 15) is 5.11 Å². The first-order chi connectivity index (χ1) is 19.0. The largest absolute Gasteiger partial charge is 0.383 e. The summed E-state index contributed by atoms with van der Waals surface area (Å²) in [7, 11) is 0. The summed E-state index contributed by atoms with van der Waals surface area (Å²) in [5, 5.41) is 14.7. The number of aliphatic hydroxyl groups is 1. The molecule has 5 rings (SSSR count). The van der Waals surface area contributed by atoms with Gasteiger partial charge in [0.15, 0.2) is 6.23 Å². The smallest absolute Gasteiger partial charge is 0.223 e. The highest BCUT2D eigenvalue weighted by atomic mass is 35.5. The van der Waals surface area contributed by atoms with Crippen molar-refractivity contribution in [3.8, 4) is 0 Å². The molecule has 0 bridgehead atoms. The van der Waals surface area contributed by atoms with Crippen molar-refractivity contribution in [2.45, 2.75) is 51.1 Å². The average Bonchev–Trinajstić information content (AvgIpc) is 3.32. The Bertz CT molecular complexity index is 1560. The predicted molar refractivity (Wildman–Crippen MR) is 157 cm³/mol. The number of ether oxygens (including phenoxy) is 3. The number of aryl methyl sites for hydroxylation is 1. The molecule has 13 heteroatoms. The minimum absolute atomic E-state index is 0.000559. The number of nitrogens with two attached hydrogens (primary N) is 1. The van der Waals surface area contributed by atoms with Gasteiger partial charge in [0.25, 0.3) is 0 Å². The molecule has 0 aliphatic carbocycles. The van der Waals surface area contributed by atoms with E-state index in [1.54, 1.807) is 54.1 Å². The van der Waals surface area contributed by atoms with Crippen LogP contribution in [-0.4, -0.2) is 44.1 Å². The van der Waals surface area contributed by atoms with E-state index in [2.05, 4.69) is 9.97 Å². The Balaban J connectivity index is 1.44. The second-order valence-corrected chi connectivity index (χ2v) is 11.8. The van der Waals surface area contributed by atoms with Gasteiger partial charge in [0, 0.05) is 26.3 Å².